The molecule has 0 radical (unpaired) electrons. The minimum atomic E-state index is -4.77. The van der Waals surface area contributed by atoms with E-state index < -0.39 is 28.5 Å². The Morgan fingerprint density at radius 1 is 1.15 bits per heavy atom. The highest BCUT2D eigenvalue weighted by atomic mass is 35.5. The number of carboxylic acids is 1. The first-order chi connectivity index (χ1) is 19.1. The number of hydrogen-bond donors (Lipinski definition) is 1. The molecule has 2 aromatic heterocycles. The Morgan fingerprint density at radius 2 is 1.95 bits per heavy atom. The molecule has 1 aliphatic rings. The molecule has 5 rings (SSSR count). The third kappa shape index (κ3) is 5.50. The van der Waals surface area contributed by atoms with Gasteiger partial charge in [-0.1, -0.05) is 23.7 Å². The standard InChI is InChI=1S/C26H22ClF3N4O4S2/c1-37-18-5-3-4-15(22(18)38-2)23-16-10-13(27)6-8-17(16)34-24(32-33-25(34)26(28,29)30)19(40-23)11-20-31-12-14(39-20)7-9-21(35)36/h3-6,8,10,12,19,23H,7,9,11H2,1-2H3,(H,35,36). The highest BCUT2D eigenvalue weighted by molar-refractivity contribution is 8.00. The van der Waals surface area contributed by atoms with Gasteiger partial charge in [-0.2, -0.15) is 13.2 Å². The van der Waals surface area contributed by atoms with E-state index in [9.17, 15) is 18.0 Å². The molecular weight excluding hydrogens is 589 g/mol. The molecule has 14 heteroatoms. The van der Waals surface area contributed by atoms with E-state index >= 15 is 0 Å². The van der Waals surface area contributed by atoms with Crippen molar-refractivity contribution in [2.75, 3.05) is 14.2 Å². The lowest BCUT2D eigenvalue weighted by Crippen LogP contribution is -2.16. The summed E-state index contributed by atoms with van der Waals surface area (Å²) in [5.74, 6) is -1.02. The molecule has 210 valence electrons. The number of halogens is 4. The van der Waals surface area contributed by atoms with Crippen LogP contribution in [0, 0.1) is 0 Å². The van der Waals surface area contributed by atoms with Gasteiger partial charge in [-0.15, -0.1) is 33.3 Å². The van der Waals surface area contributed by atoms with Gasteiger partial charge in [0, 0.05) is 28.1 Å². The Bertz CT molecular complexity index is 1560. The van der Waals surface area contributed by atoms with Gasteiger partial charge in [-0.3, -0.25) is 9.36 Å². The number of carbonyl (C=O) groups is 1. The minimum absolute atomic E-state index is 0.0448. The predicted molar refractivity (Wildman–Crippen MR) is 145 cm³/mol. The predicted octanol–water partition coefficient (Wildman–Crippen LogP) is 6.55. The molecule has 4 aromatic rings. The lowest BCUT2D eigenvalue weighted by atomic mass is 10.0. The lowest BCUT2D eigenvalue weighted by Gasteiger charge is -2.23. The van der Waals surface area contributed by atoms with E-state index in [0.717, 1.165) is 9.44 Å². The van der Waals surface area contributed by atoms with Crippen LogP contribution in [0.15, 0.2) is 42.6 Å². The van der Waals surface area contributed by atoms with Crippen LogP contribution in [-0.2, 0) is 23.8 Å². The molecule has 0 saturated heterocycles. The molecule has 1 N–H and O–H groups in total. The van der Waals surface area contributed by atoms with Gasteiger partial charge in [0.25, 0.3) is 0 Å². The number of methoxy groups -OCH3 is 2. The molecule has 0 aliphatic carbocycles. The summed E-state index contributed by atoms with van der Waals surface area (Å²) in [6.07, 6.45) is -2.66. The van der Waals surface area contributed by atoms with E-state index in [0.29, 0.717) is 39.1 Å². The third-order valence-corrected chi connectivity index (χ3v) is 9.11. The second kappa shape index (κ2) is 11.3. The number of aliphatic carboxylic acids is 1. The maximum Gasteiger partial charge on any atom is 0.452 e. The Kier molecular flexibility index (Phi) is 7.98. The SMILES string of the molecule is COc1cccc(C2SC(Cc3ncc(CCC(=O)O)s3)c3nnc(C(F)(F)F)n3-c3ccc(Cl)cc32)c1OC. The van der Waals surface area contributed by atoms with Gasteiger partial charge < -0.3 is 14.6 Å². The van der Waals surface area contributed by atoms with Crippen LogP contribution in [-0.4, -0.2) is 45.0 Å². The van der Waals surface area contributed by atoms with E-state index in [1.54, 1.807) is 24.4 Å². The van der Waals surface area contributed by atoms with Crippen LogP contribution >= 0.6 is 34.7 Å². The summed E-state index contributed by atoms with van der Waals surface area (Å²) < 4.78 is 54.9. The van der Waals surface area contributed by atoms with Crippen molar-refractivity contribution in [3.63, 3.8) is 0 Å². The Balaban J connectivity index is 1.68. The Labute approximate surface area is 240 Å². The zero-order chi connectivity index (χ0) is 28.6. The van der Waals surface area contributed by atoms with Crippen molar-refractivity contribution in [1.82, 2.24) is 19.7 Å². The van der Waals surface area contributed by atoms with Crippen molar-refractivity contribution in [3.05, 3.63) is 80.3 Å². The van der Waals surface area contributed by atoms with Crippen molar-refractivity contribution >= 4 is 40.7 Å². The number of carboxylic acid groups (broad SMARTS) is 1. The van der Waals surface area contributed by atoms with Crippen molar-refractivity contribution in [2.45, 2.75) is 35.9 Å². The summed E-state index contributed by atoms with van der Waals surface area (Å²) in [5.41, 5.74) is 1.47. The zero-order valence-corrected chi connectivity index (χ0v) is 23.5. The molecular formula is C26H22ClF3N4O4S2. The van der Waals surface area contributed by atoms with Gasteiger partial charge in [-0.05, 0) is 36.2 Å². The lowest BCUT2D eigenvalue weighted by molar-refractivity contribution is -0.146. The number of fused-ring (bicyclic) bond motifs is 3. The molecule has 0 saturated carbocycles. The van der Waals surface area contributed by atoms with Crippen molar-refractivity contribution in [1.29, 1.82) is 0 Å². The highest BCUT2D eigenvalue weighted by Crippen LogP contribution is 2.54. The van der Waals surface area contributed by atoms with Crippen molar-refractivity contribution in [3.8, 4) is 17.2 Å². The molecule has 0 spiro atoms. The van der Waals surface area contributed by atoms with Gasteiger partial charge in [0.05, 0.1) is 41.8 Å². The zero-order valence-electron chi connectivity index (χ0n) is 21.1. The number of hydrogen-bond acceptors (Lipinski definition) is 8. The largest absolute Gasteiger partial charge is 0.493 e. The molecule has 8 nitrogen and oxygen atoms in total. The first-order valence-corrected chi connectivity index (χ1v) is 14.1. The monoisotopic (exact) mass is 610 g/mol. The van der Waals surface area contributed by atoms with E-state index in [1.807, 2.05) is 6.07 Å². The van der Waals surface area contributed by atoms with Crippen molar-refractivity contribution < 1.29 is 32.5 Å². The Hall–Kier alpha value is -3.29. The number of rotatable bonds is 8. The van der Waals surface area contributed by atoms with Crippen LogP contribution in [0.1, 0.15) is 49.6 Å². The van der Waals surface area contributed by atoms with E-state index in [1.165, 1.54) is 49.5 Å². The fourth-order valence-corrected chi connectivity index (χ4v) is 7.39. The fraction of sp³-hybridized carbons (Fsp3) is 0.308. The first-order valence-electron chi connectivity index (χ1n) is 11.9. The van der Waals surface area contributed by atoms with Gasteiger partial charge in [-0.25, -0.2) is 4.98 Å². The van der Waals surface area contributed by atoms with E-state index in [-0.39, 0.29) is 24.4 Å². The van der Waals surface area contributed by atoms with Crippen LogP contribution in [0.4, 0.5) is 13.2 Å². The molecule has 2 unspecified atom stereocenters. The summed E-state index contributed by atoms with van der Waals surface area (Å²) >= 11 is 9.10. The number of aryl methyl sites for hydroxylation is 1. The summed E-state index contributed by atoms with van der Waals surface area (Å²) in [7, 11) is 3.01. The van der Waals surface area contributed by atoms with Crippen molar-refractivity contribution in [2.24, 2.45) is 0 Å². The fourth-order valence-electron chi connectivity index (χ4n) is 4.61. The molecule has 3 heterocycles. The van der Waals surface area contributed by atoms with Gasteiger partial charge >= 0.3 is 12.1 Å². The number of thiazole rings is 1. The second-order valence-electron chi connectivity index (χ2n) is 8.82. The topological polar surface area (TPSA) is 99.4 Å². The van der Waals surface area contributed by atoms with Gasteiger partial charge in [0.15, 0.2) is 17.3 Å². The summed E-state index contributed by atoms with van der Waals surface area (Å²) in [6, 6.07) is 10.1. The van der Waals surface area contributed by atoms with Crippen LogP contribution in [0.2, 0.25) is 5.02 Å². The molecule has 0 fully saturated rings. The molecule has 2 atom stereocenters. The number of thioether (sulfide) groups is 1. The highest BCUT2D eigenvalue weighted by Gasteiger charge is 2.43. The number of para-hydroxylation sites is 1. The second-order valence-corrected chi connectivity index (χ2v) is 11.8. The number of alkyl halides is 3. The summed E-state index contributed by atoms with van der Waals surface area (Å²) in [5, 5.41) is 16.5. The minimum Gasteiger partial charge on any atom is -0.493 e. The number of nitrogens with zero attached hydrogens (tertiary/aromatic N) is 4. The molecule has 0 bridgehead atoms. The molecule has 0 amide bonds. The smallest absolute Gasteiger partial charge is 0.452 e. The van der Waals surface area contributed by atoms with Crippen LogP contribution in [0.3, 0.4) is 0 Å². The van der Waals surface area contributed by atoms with E-state index in [2.05, 4.69) is 15.2 Å². The number of ether oxygens (including phenoxy) is 2. The molecule has 40 heavy (non-hydrogen) atoms. The van der Waals surface area contributed by atoms with Gasteiger partial charge in [0.2, 0.25) is 5.82 Å². The Morgan fingerprint density at radius 3 is 2.65 bits per heavy atom. The maximum absolute atomic E-state index is 14.2. The summed E-state index contributed by atoms with van der Waals surface area (Å²) in [4.78, 5) is 16.2. The average Bonchev–Trinajstić information content (AvgIpc) is 3.54. The quantitative estimate of drug-likeness (QED) is 0.240. The first kappa shape index (κ1) is 28.2. The summed E-state index contributed by atoms with van der Waals surface area (Å²) in [6.45, 7) is 0. The van der Waals surface area contributed by atoms with Gasteiger partial charge in [0.1, 0.15) is 0 Å². The van der Waals surface area contributed by atoms with Crippen LogP contribution in [0.25, 0.3) is 5.69 Å². The average molecular weight is 611 g/mol. The molecule has 1 aliphatic heterocycles. The van der Waals surface area contributed by atoms with Crippen LogP contribution < -0.4 is 9.47 Å². The maximum atomic E-state index is 14.2. The third-order valence-electron chi connectivity index (χ3n) is 6.31. The van der Waals surface area contributed by atoms with E-state index in [4.69, 9.17) is 26.2 Å². The molecule has 2 aromatic carbocycles. The number of benzene rings is 2. The van der Waals surface area contributed by atoms with Crippen LogP contribution in [0.5, 0.6) is 11.5 Å². The normalized spacial score (nSPS) is 16.6. The number of aromatic nitrogens is 4.